The molecule has 9 heteroatoms. The summed E-state index contributed by atoms with van der Waals surface area (Å²) in [5, 5.41) is 18.1. The second-order valence-corrected chi connectivity index (χ2v) is 7.83. The summed E-state index contributed by atoms with van der Waals surface area (Å²) in [5.74, 6) is -0.404. The normalized spacial score (nSPS) is 14.3. The summed E-state index contributed by atoms with van der Waals surface area (Å²) >= 11 is 5.51. The van der Waals surface area contributed by atoms with Crippen molar-refractivity contribution < 1.29 is 28.1 Å². The molecule has 3 N–H and O–H groups in total. The lowest BCUT2D eigenvalue weighted by Crippen LogP contribution is -2.36. The van der Waals surface area contributed by atoms with E-state index in [2.05, 4.69) is 4.84 Å². The van der Waals surface area contributed by atoms with Crippen LogP contribution in [0.25, 0.3) is 0 Å². The molecular weight excluding hydrogens is 322 g/mol. The molecule has 0 bridgehead atoms. The van der Waals surface area contributed by atoms with E-state index in [-0.39, 0.29) is 44.5 Å². The van der Waals surface area contributed by atoms with Crippen LogP contribution in [-0.4, -0.2) is 74.8 Å². The van der Waals surface area contributed by atoms with Crippen molar-refractivity contribution in [1.29, 1.82) is 0 Å². The quantitative estimate of drug-likeness (QED) is 0.310. The third kappa shape index (κ3) is 12.3. The van der Waals surface area contributed by atoms with Crippen molar-refractivity contribution in [2.45, 2.75) is 31.9 Å². The Labute approximate surface area is 131 Å². The SMILES string of the molecule is CC(C)(CCS(=O)(=O)CC(O)COCCOCCO)NCl. The monoisotopic (exact) mass is 347 g/mol. The van der Waals surface area contributed by atoms with Gasteiger partial charge in [-0.05, 0) is 32.0 Å². The van der Waals surface area contributed by atoms with Crippen LogP contribution in [0.3, 0.4) is 0 Å². The highest BCUT2D eigenvalue weighted by molar-refractivity contribution is 7.91. The van der Waals surface area contributed by atoms with E-state index in [1.807, 2.05) is 0 Å². The number of aliphatic hydroxyl groups is 2. The van der Waals surface area contributed by atoms with Crippen LogP contribution in [0.5, 0.6) is 0 Å². The lowest BCUT2D eigenvalue weighted by atomic mass is 10.0. The predicted octanol–water partition coefficient (Wildman–Crippen LogP) is -0.300. The van der Waals surface area contributed by atoms with Crippen molar-refractivity contribution in [3.05, 3.63) is 0 Å². The molecule has 1 atom stereocenters. The number of aliphatic hydroxyl groups excluding tert-OH is 2. The average Bonchev–Trinajstić information content (AvgIpc) is 2.40. The van der Waals surface area contributed by atoms with E-state index < -0.39 is 21.5 Å². The number of rotatable bonds is 13. The molecule has 1 unspecified atom stereocenters. The van der Waals surface area contributed by atoms with Gasteiger partial charge in [0.25, 0.3) is 0 Å². The highest BCUT2D eigenvalue weighted by Crippen LogP contribution is 2.11. The second-order valence-electron chi connectivity index (χ2n) is 5.41. The molecule has 0 spiro atoms. The van der Waals surface area contributed by atoms with Crippen LogP contribution in [-0.2, 0) is 19.3 Å². The molecule has 0 fully saturated rings. The topological polar surface area (TPSA) is 105 Å². The molecule has 0 saturated carbocycles. The molecule has 0 amide bonds. The molecule has 21 heavy (non-hydrogen) atoms. The van der Waals surface area contributed by atoms with Gasteiger partial charge in [-0.15, -0.1) is 0 Å². The fourth-order valence-electron chi connectivity index (χ4n) is 1.39. The number of hydrogen-bond donors (Lipinski definition) is 3. The number of nitrogens with one attached hydrogen (secondary N) is 1. The van der Waals surface area contributed by atoms with Gasteiger partial charge in [0.2, 0.25) is 0 Å². The van der Waals surface area contributed by atoms with Gasteiger partial charge in [-0.3, -0.25) is 0 Å². The summed E-state index contributed by atoms with van der Waals surface area (Å²) in [5.41, 5.74) is -0.486. The Morgan fingerprint density at radius 3 is 2.43 bits per heavy atom. The van der Waals surface area contributed by atoms with Gasteiger partial charge >= 0.3 is 0 Å². The average molecular weight is 348 g/mol. The van der Waals surface area contributed by atoms with Gasteiger partial charge in [0.05, 0.1) is 50.6 Å². The van der Waals surface area contributed by atoms with Crippen molar-refractivity contribution in [2.75, 3.05) is 44.5 Å². The first kappa shape index (κ1) is 21.0. The van der Waals surface area contributed by atoms with Gasteiger partial charge in [0.1, 0.15) is 0 Å². The molecule has 0 aromatic carbocycles. The zero-order chi connectivity index (χ0) is 16.4. The second kappa shape index (κ2) is 10.7. The third-order valence-corrected chi connectivity index (χ3v) is 4.89. The Morgan fingerprint density at radius 2 is 1.86 bits per heavy atom. The van der Waals surface area contributed by atoms with Crippen molar-refractivity contribution in [2.24, 2.45) is 0 Å². The lowest BCUT2D eigenvalue weighted by molar-refractivity contribution is 0.00369. The Bertz CT molecular complexity index is 363. The van der Waals surface area contributed by atoms with Crippen molar-refractivity contribution in [3.63, 3.8) is 0 Å². The van der Waals surface area contributed by atoms with Gasteiger partial charge < -0.3 is 19.7 Å². The smallest absolute Gasteiger partial charge is 0.153 e. The number of ether oxygens (including phenoxy) is 2. The Hall–Kier alpha value is 0.0400. The molecule has 0 aromatic rings. The lowest BCUT2D eigenvalue weighted by Gasteiger charge is -2.22. The molecule has 128 valence electrons. The predicted molar refractivity (Wildman–Crippen MR) is 81.1 cm³/mol. The standard InChI is InChI=1S/C12H26ClNO6S/c1-12(2,14-13)3-8-21(17,18)10-11(16)9-20-7-6-19-5-4-15/h11,14-16H,3-10H2,1-2H3. The largest absolute Gasteiger partial charge is 0.394 e. The van der Waals surface area contributed by atoms with E-state index in [1.165, 1.54) is 0 Å². The van der Waals surface area contributed by atoms with Crippen molar-refractivity contribution in [1.82, 2.24) is 4.84 Å². The van der Waals surface area contributed by atoms with E-state index >= 15 is 0 Å². The van der Waals surface area contributed by atoms with Gasteiger partial charge in [-0.2, -0.15) is 0 Å². The van der Waals surface area contributed by atoms with Gasteiger partial charge in [-0.1, -0.05) is 0 Å². The minimum Gasteiger partial charge on any atom is -0.394 e. The molecule has 0 aliphatic carbocycles. The summed E-state index contributed by atoms with van der Waals surface area (Å²) in [6, 6.07) is 0. The van der Waals surface area contributed by atoms with Crippen molar-refractivity contribution in [3.8, 4) is 0 Å². The minimum absolute atomic E-state index is 0.0591. The molecule has 0 rings (SSSR count). The van der Waals surface area contributed by atoms with Crippen LogP contribution >= 0.6 is 11.8 Å². The summed E-state index contributed by atoms with van der Waals surface area (Å²) in [4.78, 5) is 2.51. The number of halogens is 1. The maximum atomic E-state index is 11.8. The van der Waals surface area contributed by atoms with Gasteiger partial charge in [0.15, 0.2) is 9.84 Å². The van der Waals surface area contributed by atoms with E-state index in [1.54, 1.807) is 13.8 Å². The van der Waals surface area contributed by atoms with Crippen LogP contribution in [0, 0.1) is 0 Å². The van der Waals surface area contributed by atoms with Crippen LogP contribution in [0.2, 0.25) is 0 Å². The summed E-state index contributed by atoms with van der Waals surface area (Å²) in [7, 11) is -3.37. The fourth-order valence-corrected chi connectivity index (χ4v) is 3.15. The third-order valence-electron chi connectivity index (χ3n) is 2.66. The first-order chi connectivity index (χ1) is 9.72. The van der Waals surface area contributed by atoms with Gasteiger partial charge in [-0.25, -0.2) is 13.3 Å². The van der Waals surface area contributed by atoms with Crippen LogP contribution in [0.4, 0.5) is 0 Å². The van der Waals surface area contributed by atoms with Crippen molar-refractivity contribution >= 4 is 21.6 Å². The fraction of sp³-hybridized carbons (Fsp3) is 1.00. The summed E-state index contributed by atoms with van der Waals surface area (Å²) < 4.78 is 33.7. The molecule has 0 aliphatic heterocycles. The zero-order valence-electron chi connectivity index (χ0n) is 12.5. The van der Waals surface area contributed by atoms with Crippen LogP contribution in [0.15, 0.2) is 0 Å². The Kier molecular flexibility index (Phi) is 10.7. The highest BCUT2D eigenvalue weighted by Gasteiger charge is 2.23. The number of hydrogen-bond acceptors (Lipinski definition) is 7. The Balaban J connectivity index is 3.88. The molecule has 0 radical (unpaired) electrons. The minimum atomic E-state index is -3.37. The van der Waals surface area contributed by atoms with E-state index in [0.29, 0.717) is 6.42 Å². The Morgan fingerprint density at radius 1 is 1.24 bits per heavy atom. The molecule has 0 heterocycles. The first-order valence-electron chi connectivity index (χ1n) is 6.75. The van der Waals surface area contributed by atoms with E-state index in [4.69, 9.17) is 26.4 Å². The maximum Gasteiger partial charge on any atom is 0.153 e. The van der Waals surface area contributed by atoms with Crippen LogP contribution in [0.1, 0.15) is 20.3 Å². The summed E-state index contributed by atoms with van der Waals surface area (Å²) in [6.07, 6.45) is -0.721. The molecule has 7 nitrogen and oxygen atoms in total. The number of sulfone groups is 1. The van der Waals surface area contributed by atoms with E-state index in [9.17, 15) is 13.5 Å². The van der Waals surface area contributed by atoms with E-state index in [0.717, 1.165) is 0 Å². The molecule has 0 aromatic heterocycles. The summed E-state index contributed by atoms with van der Waals surface area (Å²) in [6.45, 7) is 4.21. The highest BCUT2D eigenvalue weighted by atomic mass is 35.5. The molecule has 0 saturated heterocycles. The van der Waals surface area contributed by atoms with Gasteiger partial charge in [0, 0.05) is 5.54 Å². The molecular formula is C12H26ClNO6S. The first-order valence-corrected chi connectivity index (χ1v) is 8.95. The maximum absolute atomic E-state index is 11.8. The molecule has 0 aliphatic rings. The zero-order valence-corrected chi connectivity index (χ0v) is 14.1. The van der Waals surface area contributed by atoms with Crippen LogP contribution < -0.4 is 4.84 Å².